The molecule has 1 atom stereocenters. The molecule has 0 N–H and O–H groups in total. The van der Waals surface area contributed by atoms with Crippen molar-refractivity contribution in [3.8, 4) is 0 Å². The average Bonchev–Trinajstić information content (AvgIpc) is 2.95. The predicted molar refractivity (Wildman–Crippen MR) is 143 cm³/mol. The van der Waals surface area contributed by atoms with Crippen molar-refractivity contribution in [2.45, 2.75) is 23.8 Å². The third-order valence-electron chi connectivity index (χ3n) is 6.64. The van der Waals surface area contributed by atoms with Crippen LogP contribution >= 0.6 is 11.6 Å². The first-order valence-corrected chi connectivity index (χ1v) is 14.2. The van der Waals surface area contributed by atoms with Gasteiger partial charge in [-0.05, 0) is 59.7 Å². The van der Waals surface area contributed by atoms with Crippen molar-refractivity contribution in [1.29, 1.82) is 0 Å². The first-order chi connectivity index (χ1) is 19.0. The highest BCUT2D eigenvalue weighted by atomic mass is 35.5. The number of esters is 1. The van der Waals surface area contributed by atoms with Crippen LogP contribution in [0, 0.1) is 0 Å². The lowest BCUT2D eigenvalue weighted by Gasteiger charge is -2.36. The van der Waals surface area contributed by atoms with Crippen molar-refractivity contribution in [2.75, 3.05) is 39.8 Å². The maximum Gasteiger partial charge on any atom is 0.416 e. The number of hydrogen-bond acceptors (Lipinski definition) is 6. The number of carbonyl (C=O) groups is 1. The molecule has 1 aliphatic rings. The van der Waals surface area contributed by atoms with Crippen molar-refractivity contribution >= 4 is 27.6 Å². The van der Waals surface area contributed by atoms with Crippen LogP contribution in [0.5, 0.6) is 0 Å². The highest BCUT2D eigenvalue weighted by Crippen LogP contribution is 2.30. The Morgan fingerprint density at radius 1 is 0.925 bits per heavy atom. The zero-order chi connectivity index (χ0) is 28.9. The molecule has 1 aliphatic heterocycles. The molecule has 1 saturated heterocycles. The van der Waals surface area contributed by atoms with Crippen molar-refractivity contribution < 1.29 is 35.9 Å². The molecule has 0 saturated carbocycles. The zero-order valence-electron chi connectivity index (χ0n) is 21.6. The molecule has 1 fully saturated rings. The Kier molecular flexibility index (Phi) is 9.52. The van der Waals surface area contributed by atoms with Gasteiger partial charge in [0.1, 0.15) is 0 Å². The number of carbonyl (C=O) groups excluding carboxylic acids is 1. The summed E-state index contributed by atoms with van der Waals surface area (Å²) in [4.78, 5) is 13.6. The third kappa shape index (κ3) is 7.41. The Labute approximate surface area is 236 Å². The fraction of sp³-hybridized carbons (Fsp3) is 0.321. The Morgan fingerprint density at radius 3 is 2.08 bits per heavy atom. The zero-order valence-corrected chi connectivity index (χ0v) is 23.2. The summed E-state index contributed by atoms with van der Waals surface area (Å²) < 4.78 is 77.0. The number of hydrogen-bond donors (Lipinski definition) is 0. The average molecular weight is 597 g/mol. The van der Waals surface area contributed by atoms with Gasteiger partial charge in [-0.3, -0.25) is 4.90 Å². The summed E-state index contributed by atoms with van der Waals surface area (Å²) in [6.07, 6.45) is -4.89. The normalized spacial score (nSPS) is 16.0. The van der Waals surface area contributed by atoms with Gasteiger partial charge in [-0.1, -0.05) is 35.9 Å². The van der Waals surface area contributed by atoms with Gasteiger partial charge in [0.15, 0.2) is 0 Å². The van der Waals surface area contributed by atoms with Gasteiger partial charge in [0, 0.05) is 37.7 Å². The quantitative estimate of drug-likeness (QED) is 0.308. The molecule has 0 unspecified atom stereocenters. The van der Waals surface area contributed by atoms with Crippen LogP contribution < -0.4 is 0 Å². The fourth-order valence-corrected chi connectivity index (χ4v) is 5.88. The molecule has 0 radical (unpaired) electrons. The molecule has 0 bridgehead atoms. The van der Waals surface area contributed by atoms with E-state index in [1.807, 2.05) is 12.1 Å². The van der Waals surface area contributed by atoms with Crippen molar-refractivity contribution in [3.05, 3.63) is 100 Å². The molecule has 1 heterocycles. The minimum atomic E-state index is -4.54. The highest BCUT2D eigenvalue weighted by Gasteiger charge is 2.33. The van der Waals surface area contributed by atoms with E-state index in [1.54, 1.807) is 36.4 Å². The van der Waals surface area contributed by atoms with E-state index in [1.165, 1.54) is 11.4 Å². The van der Waals surface area contributed by atoms with Crippen LogP contribution in [0.4, 0.5) is 13.2 Å². The van der Waals surface area contributed by atoms with E-state index in [-0.39, 0.29) is 30.7 Å². The summed E-state index contributed by atoms with van der Waals surface area (Å²) in [5.41, 5.74) is 1.29. The molecule has 7 nitrogen and oxygen atoms in total. The second kappa shape index (κ2) is 12.7. The monoisotopic (exact) mass is 596 g/mol. The fourth-order valence-electron chi connectivity index (χ4n) is 4.34. The van der Waals surface area contributed by atoms with E-state index in [2.05, 4.69) is 4.90 Å². The lowest BCUT2D eigenvalue weighted by atomic mass is 10.1. The van der Waals surface area contributed by atoms with E-state index in [4.69, 9.17) is 21.1 Å². The molecule has 40 heavy (non-hydrogen) atoms. The second-order valence-corrected chi connectivity index (χ2v) is 11.6. The van der Waals surface area contributed by atoms with E-state index in [9.17, 15) is 26.4 Å². The molecule has 0 aliphatic carbocycles. The maximum atomic E-state index is 13.0. The molecule has 0 amide bonds. The van der Waals surface area contributed by atoms with Crippen LogP contribution in [0.3, 0.4) is 0 Å². The molecular formula is C28H28ClF3N2O5S. The van der Waals surface area contributed by atoms with Crippen molar-refractivity contribution in [1.82, 2.24) is 9.21 Å². The summed E-state index contributed by atoms with van der Waals surface area (Å²) in [5.74, 6) is -0.425. The molecule has 4 rings (SSSR count). The van der Waals surface area contributed by atoms with E-state index >= 15 is 0 Å². The van der Waals surface area contributed by atoms with Crippen LogP contribution in [-0.2, 0) is 32.3 Å². The van der Waals surface area contributed by atoms with Crippen LogP contribution in [0.25, 0.3) is 0 Å². The molecule has 3 aromatic carbocycles. The Morgan fingerprint density at radius 2 is 1.52 bits per heavy atom. The molecular weight excluding hydrogens is 569 g/mol. The summed E-state index contributed by atoms with van der Waals surface area (Å²) in [7, 11) is -2.61. The van der Waals surface area contributed by atoms with Crippen LogP contribution in [0.1, 0.15) is 33.2 Å². The number of halogens is 4. The standard InChI is InChI=1S/C28H28ClF3N2O5S/c1-38-27(35)22-4-2-20(3-5-22)19-39-26(21-6-10-24(29)11-7-21)18-33-14-16-34(17-15-33)40(36,37)25-12-8-23(9-13-25)28(30,31)32/h2-13,26H,14-19H2,1H3/t26-/m1/s1. The number of nitrogens with zero attached hydrogens (tertiary/aromatic N) is 2. The molecule has 12 heteroatoms. The lowest BCUT2D eigenvalue weighted by molar-refractivity contribution is -0.137. The number of alkyl halides is 3. The summed E-state index contributed by atoms with van der Waals surface area (Å²) in [6.45, 7) is 1.96. The van der Waals surface area contributed by atoms with Crippen LogP contribution in [0.15, 0.2) is 77.7 Å². The van der Waals surface area contributed by atoms with Crippen LogP contribution in [0.2, 0.25) is 5.02 Å². The van der Waals surface area contributed by atoms with Gasteiger partial charge in [0.05, 0.1) is 35.8 Å². The van der Waals surface area contributed by atoms with E-state index < -0.39 is 27.7 Å². The number of sulfonamides is 1. The Balaban J connectivity index is 1.40. The Bertz CT molecular complexity index is 1390. The van der Waals surface area contributed by atoms with Crippen molar-refractivity contribution in [2.24, 2.45) is 0 Å². The maximum absolute atomic E-state index is 13.0. The van der Waals surface area contributed by atoms with E-state index in [0.717, 1.165) is 35.4 Å². The summed E-state index contributed by atoms with van der Waals surface area (Å²) >= 11 is 6.07. The lowest BCUT2D eigenvalue weighted by Crippen LogP contribution is -2.49. The van der Waals surface area contributed by atoms with Gasteiger partial charge < -0.3 is 9.47 Å². The summed E-state index contributed by atoms with van der Waals surface area (Å²) in [6, 6.07) is 17.7. The topological polar surface area (TPSA) is 76.2 Å². The number of rotatable bonds is 9. The van der Waals surface area contributed by atoms with Crippen molar-refractivity contribution in [3.63, 3.8) is 0 Å². The first-order valence-electron chi connectivity index (χ1n) is 12.4. The van der Waals surface area contributed by atoms with Gasteiger partial charge in [-0.25, -0.2) is 13.2 Å². The SMILES string of the molecule is COC(=O)c1ccc(CO[C@H](CN2CCN(S(=O)(=O)c3ccc(C(F)(F)F)cc3)CC2)c2ccc(Cl)cc2)cc1. The number of benzene rings is 3. The van der Waals surface area contributed by atoms with Gasteiger partial charge in [-0.15, -0.1) is 0 Å². The van der Waals surface area contributed by atoms with Gasteiger partial charge in [0.25, 0.3) is 0 Å². The second-order valence-electron chi connectivity index (χ2n) is 9.27. The number of methoxy groups -OCH3 is 1. The van der Waals surface area contributed by atoms with Gasteiger partial charge in [-0.2, -0.15) is 17.5 Å². The summed E-state index contributed by atoms with van der Waals surface area (Å²) in [5, 5.41) is 0.586. The molecule has 0 aromatic heterocycles. The first kappa shape index (κ1) is 30.0. The number of ether oxygens (including phenoxy) is 2. The predicted octanol–water partition coefficient (Wildman–Crippen LogP) is 5.41. The highest BCUT2D eigenvalue weighted by molar-refractivity contribution is 7.89. The third-order valence-corrected chi connectivity index (χ3v) is 8.81. The smallest absolute Gasteiger partial charge is 0.416 e. The van der Waals surface area contributed by atoms with E-state index in [0.29, 0.717) is 30.2 Å². The number of piperazine rings is 1. The largest absolute Gasteiger partial charge is 0.465 e. The van der Waals surface area contributed by atoms with Gasteiger partial charge in [0.2, 0.25) is 10.0 Å². The van der Waals surface area contributed by atoms with Gasteiger partial charge >= 0.3 is 12.1 Å². The molecule has 3 aromatic rings. The Hall–Kier alpha value is -2.96. The minimum Gasteiger partial charge on any atom is -0.465 e. The molecule has 0 spiro atoms. The molecule has 214 valence electrons. The minimum absolute atomic E-state index is 0.172. The van der Waals surface area contributed by atoms with Crippen LogP contribution in [-0.4, -0.2) is 63.4 Å².